The highest BCUT2D eigenvalue weighted by Crippen LogP contribution is 2.63. The first-order valence-corrected chi connectivity index (χ1v) is 7.12. The van der Waals surface area contributed by atoms with Crippen LogP contribution in [0.4, 0.5) is 0 Å². The van der Waals surface area contributed by atoms with Crippen LogP contribution in [0.5, 0.6) is 0 Å². The van der Waals surface area contributed by atoms with E-state index in [0.717, 1.165) is 11.1 Å². The summed E-state index contributed by atoms with van der Waals surface area (Å²) in [6.45, 7) is 10.2. The number of rotatable bonds is 0. The van der Waals surface area contributed by atoms with Crippen molar-refractivity contribution in [1.29, 1.82) is 0 Å². The molecule has 0 N–H and O–H groups in total. The summed E-state index contributed by atoms with van der Waals surface area (Å²) in [6.07, 6.45) is 2.13. The van der Waals surface area contributed by atoms with Gasteiger partial charge in [0.05, 0.1) is 15.9 Å². The minimum absolute atomic E-state index is 0.219. The van der Waals surface area contributed by atoms with Crippen LogP contribution in [0.3, 0.4) is 0 Å². The number of fused-ring (bicyclic) bond motifs is 1. The number of ether oxygens (including phenoxy) is 1. The monoisotopic (exact) mass is 276 g/mol. The molecule has 0 aromatic carbocycles. The molecule has 1 aliphatic carbocycles. The zero-order valence-corrected chi connectivity index (χ0v) is 12.5. The second-order valence-corrected chi connectivity index (χ2v) is 7.65. The van der Waals surface area contributed by atoms with E-state index in [-0.39, 0.29) is 4.75 Å². The molecule has 3 rings (SSSR count). The highest BCUT2D eigenvalue weighted by atomic mass is 32.2. The minimum atomic E-state index is -0.497. The largest absolute Gasteiger partial charge is 0.386 e. The first kappa shape index (κ1) is 12.7. The zero-order chi connectivity index (χ0) is 14.2. The van der Waals surface area contributed by atoms with Gasteiger partial charge in [-0.25, -0.2) is 9.59 Å². The third-order valence-corrected chi connectivity index (χ3v) is 6.25. The van der Waals surface area contributed by atoms with Crippen molar-refractivity contribution < 1.29 is 14.3 Å². The summed E-state index contributed by atoms with van der Waals surface area (Å²) in [6, 6.07) is 0. The van der Waals surface area contributed by atoms with Crippen molar-refractivity contribution in [3.8, 4) is 0 Å². The predicted octanol–water partition coefficient (Wildman–Crippen LogP) is 3.13. The summed E-state index contributed by atoms with van der Waals surface area (Å²) in [5.74, 6) is -0.974. The van der Waals surface area contributed by atoms with E-state index in [2.05, 4.69) is 19.9 Å². The molecular formula is C15H16O3S. The van der Waals surface area contributed by atoms with Gasteiger partial charge in [0.1, 0.15) is 0 Å². The summed E-state index contributed by atoms with van der Waals surface area (Å²) >= 11 is 1.76. The quantitative estimate of drug-likeness (QED) is 0.503. The molecule has 0 aromatic rings. The van der Waals surface area contributed by atoms with Crippen molar-refractivity contribution in [1.82, 2.24) is 0 Å². The van der Waals surface area contributed by atoms with Gasteiger partial charge in [0.2, 0.25) is 0 Å². The average Bonchev–Trinajstić information content (AvgIpc) is 2.75. The second-order valence-electron chi connectivity index (χ2n) is 5.98. The van der Waals surface area contributed by atoms with E-state index in [1.165, 1.54) is 4.91 Å². The van der Waals surface area contributed by atoms with Crippen molar-refractivity contribution in [3.05, 3.63) is 33.3 Å². The Kier molecular flexibility index (Phi) is 2.29. The summed E-state index contributed by atoms with van der Waals surface area (Å²) in [5.41, 5.74) is 2.62. The first-order valence-electron chi connectivity index (χ1n) is 6.30. The fraction of sp³-hybridized carbons (Fsp3) is 0.467. The van der Waals surface area contributed by atoms with Crippen LogP contribution in [0.1, 0.15) is 34.6 Å². The van der Waals surface area contributed by atoms with E-state index < -0.39 is 17.4 Å². The molecule has 0 saturated carbocycles. The van der Waals surface area contributed by atoms with Gasteiger partial charge in [-0.05, 0) is 42.9 Å². The lowest BCUT2D eigenvalue weighted by atomic mass is 9.63. The molecule has 0 radical (unpaired) electrons. The molecule has 2 aliphatic heterocycles. The van der Waals surface area contributed by atoms with Gasteiger partial charge in [-0.3, -0.25) is 0 Å². The molecule has 3 aliphatic rings. The molecule has 0 saturated heterocycles. The van der Waals surface area contributed by atoms with Gasteiger partial charge in [-0.1, -0.05) is 13.8 Å². The van der Waals surface area contributed by atoms with Crippen LogP contribution in [0, 0.1) is 5.41 Å². The molecule has 2 heterocycles. The number of hydrogen-bond donors (Lipinski definition) is 0. The van der Waals surface area contributed by atoms with E-state index in [9.17, 15) is 9.59 Å². The topological polar surface area (TPSA) is 43.4 Å². The fourth-order valence-electron chi connectivity index (χ4n) is 3.35. The molecular weight excluding hydrogens is 260 g/mol. The first-order chi connectivity index (χ1) is 8.70. The summed E-state index contributed by atoms with van der Waals surface area (Å²) in [4.78, 5) is 25.2. The molecule has 0 aromatic heterocycles. The van der Waals surface area contributed by atoms with Crippen LogP contribution < -0.4 is 0 Å². The smallest absolute Gasteiger partial charge is 0.346 e. The van der Waals surface area contributed by atoms with Gasteiger partial charge < -0.3 is 4.74 Å². The van der Waals surface area contributed by atoms with Crippen LogP contribution in [0.2, 0.25) is 0 Å². The van der Waals surface area contributed by atoms with Crippen molar-refractivity contribution in [2.45, 2.75) is 39.4 Å². The van der Waals surface area contributed by atoms with Gasteiger partial charge in [0.25, 0.3) is 0 Å². The van der Waals surface area contributed by atoms with Crippen molar-refractivity contribution in [2.24, 2.45) is 5.41 Å². The van der Waals surface area contributed by atoms with Crippen LogP contribution in [0.15, 0.2) is 33.3 Å². The molecule has 100 valence electrons. The number of allylic oxidation sites excluding steroid dienone is 2. The lowest BCUT2D eigenvalue weighted by Gasteiger charge is -2.45. The number of carbonyl (C=O) groups is 2. The minimum Gasteiger partial charge on any atom is -0.386 e. The summed E-state index contributed by atoms with van der Waals surface area (Å²) in [7, 11) is 0. The molecule has 0 fully saturated rings. The summed E-state index contributed by atoms with van der Waals surface area (Å²) < 4.78 is 4.62. The maximum atomic E-state index is 12.0. The molecule has 0 spiro atoms. The van der Waals surface area contributed by atoms with Gasteiger partial charge in [-0.15, -0.1) is 11.8 Å². The van der Waals surface area contributed by atoms with Crippen LogP contribution in [-0.2, 0) is 14.3 Å². The van der Waals surface area contributed by atoms with E-state index in [4.69, 9.17) is 4.74 Å². The average molecular weight is 276 g/mol. The van der Waals surface area contributed by atoms with Gasteiger partial charge in [0.15, 0.2) is 0 Å². The highest BCUT2D eigenvalue weighted by molar-refractivity contribution is 8.04. The normalized spacial score (nSPS) is 32.4. The number of carbonyl (C=O) groups excluding carboxylic acids is 2. The maximum absolute atomic E-state index is 12.0. The Bertz CT molecular complexity index is 634. The molecule has 4 heteroatoms. The second kappa shape index (κ2) is 3.42. The fourth-order valence-corrected chi connectivity index (χ4v) is 4.85. The molecule has 3 nitrogen and oxygen atoms in total. The maximum Gasteiger partial charge on any atom is 0.346 e. The summed E-state index contributed by atoms with van der Waals surface area (Å²) in [5, 5.41) is 0. The number of cyclic esters (lactones) is 2. The number of esters is 2. The lowest BCUT2D eigenvalue weighted by molar-refractivity contribution is -0.151. The Balaban J connectivity index is 2.36. The van der Waals surface area contributed by atoms with Crippen LogP contribution in [-0.4, -0.2) is 16.7 Å². The molecule has 19 heavy (non-hydrogen) atoms. The predicted molar refractivity (Wildman–Crippen MR) is 74.4 cm³/mol. The van der Waals surface area contributed by atoms with E-state index >= 15 is 0 Å². The van der Waals surface area contributed by atoms with Crippen LogP contribution in [0.25, 0.3) is 0 Å². The Morgan fingerprint density at radius 1 is 1.11 bits per heavy atom. The third kappa shape index (κ3) is 1.30. The molecule has 1 unspecified atom stereocenters. The van der Waals surface area contributed by atoms with Gasteiger partial charge >= 0.3 is 11.9 Å². The number of thioether (sulfide) groups is 1. The Morgan fingerprint density at radius 2 is 1.74 bits per heavy atom. The Morgan fingerprint density at radius 3 is 2.37 bits per heavy atom. The van der Waals surface area contributed by atoms with Gasteiger partial charge in [0, 0.05) is 5.41 Å². The highest BCUT2D eigenvalue weighted by Gasteiger charge is 2.58. The SMILES string of the molecule is CC1=CC2=C(C)C3=C(C(=O)OC3=O)C(C)(C)C2(C)S1. The van der Waals surface area contributed by atoms with Gasteiger partial charge in [-0.2, -0.15) is 0 Å². The van der Waals surface area contributed by atoms with E-state index in [1.54, 1.807) is 11.8 Å². The number of hydrogen-bond acceptors (Lipinski definition) is 4. The lowest BCUT2D eigenvalue weighted by Crippen LogP contribution is -2.44. The van der Waals surface area contributed by atoms with Crippen molar-refractivity contribution >= 4 is 23.7 Å². The Labute approximate surface area is 116 Å². The molecule has 0 amide bonds. The van der Waals surface area contributed by atoms with Crippen LogP contribution >= 0.6 is 11.8 Å². The Hall–Kier alpha value is -1.29. The standard InChI is InChI=1S/C15H16O3S/c1-7-6-9-8(2)10-11(13(17)18-12(10)16)14(3,4)15(9,5)19-7/h6H,1-5H3. The zero-order valence-electron chi connectivity index (χ0n) is 11.7. The van der Waals surface area contributed by atoms with E-state index in [0.29, 0.717) is 11.1 Å². The van der Waals surface area contributed by atoms with Crippen molar-refractivity contribution in [3.63, 3.8) is 0 Å². The van der Waals surface area contributed by atoms with Crippen molar-refractivity contribution in [2.75, 3.05) is 0 Å². The molecule has 0 bridgehead atoms. The van der Waals surface area contributed by atoms with E-state index in [1.807, 2.05) is 20.8 Å². The third-order valence-electron chi connectivity index (χ3n) is 4.67. The molecule has 1 atom stereocenters.